The lowest BCUT2D eigenvalue weighted by atomic mass is 9.92. The molecule has 0 bridgehead atoms. The van der Waals surface area contributed by atoms with Gasteiger partial charge in [0.1, 0.15) is 17.4 Å². The van der Waals surface area contributed by atoms with Crippen molar-refractivity contribution in [3.8, 4) is 5.88 Å². The Morgan fingerprint density at radius 3 is 3.16 bits per heavy atom. The zero-order valence-corrected chi connectivity index (χ0v) is 14.6. The van der Waals surface area contributed by atoms with Gasteiger partial charge < -0.3 is 14.2 Å². The van der Waals surface area contributed by atoms with Crippen LogP contribution in [0.3, 0.4) is 0 Å². The van der Waals surface area contributed by atoms with Gasteiger partial charge in [0.15, 0.2) is 5.82 Å². The Balaban J connectivity index is 1.36. The van der Waals surface area contributed by atoms with Gasteiger partial charge in [-0.15, -0.1) is 11.8 Å². The van der Waals surface area contributed by atoms with Crippen molar-refractivity contribution in [3.05, 3.63) is 41.7 Å². The number of ether oxygens (including phenoxy) is 1. The van der Waals surface area contributed by atoms with Crippen LogP contribution in [0.2, 0.25) is 0 Å². The first-order chi connectivity index (χ1) is 12.1. The van der Waals surface area contributed by atoms with Gasteiger partial charge in [0.2, 0.25) is 0 Å². The second-order valence-corrected chi connectivity index (χ2v) is 7.89. The molecular weight excluding hydrogens is 345 g/mol. The van der Waals surface area contributed by atoms with E-state index in [-0.39, 0.29) is 22.6 Å². The normalized spacial score (nSPS) is 21.4. The summed E-state index contributed by atoms with van der Waals surface area (Å²) in [6, 6.07) is 2.88. The summed E-state index contributed by atoms with van der Waals surface area (Å²) in [6.07, 6.45) is 4.34. The lowest BCUT2D eigenvalue weighted by Gasteiger charge is -2.47. The highest BCUT2D eigenvalue weighted by atomic mass is 32.2. The van der Waals surface area contributed by atoms with Gasteiger partial charge >= 0.3 is 0 Å². The topological polar surface area (TPSA) is 68.5 Å². The molecular formula is C17H18FN3O3S. The summed E-state index contributed by atoms with van der Waals surface area (Å²) in [7, 11) is 0. The number of nitrogens with zero attached hydrogens (tertiary/aromatic N) is 3. The molecule has 0 unspecified atom stereocenters. The predicted molar refractivity (Wildman–Crippen MR) is 90.2 cm³/mol. The molecule has 6 nitrogen and oxygen atoms in total. The monoisotopic (exact) mass is 363 g/mol. The molecule has 2 fully saturated rings. The van der Waals surface area contributed by atoms with Crippen LogP contribution in [0, 0.1) is 5.82 Å². The van der Waals surface area contributed by atoms with Crippen LogP contribution < -0.4 is 4.74 Å². The van der Waals surface area contributed by atoms with E-state index < -0.39 is 5.82 Å². The number of pyridine rings is 1. The molecule has 4 rings (SSSR count). The Bertz CT molecular complexity index is 791. The number of amides is 1. The van der Waals surface area contributed by atoms with Crippen LogP contribution in [-0.2, 0) is 6.42 Å². The second-order valence-electron chi connectivity index (χ2n) is 6.41. The fraction of sp³-hybridized carbons (Fsp3) is 0.471. The van der Waals surface area contributed by atoms with E-state index in [1.807, 2.05) is 11.8 Å². The minimum atomic E-state index is -0.446. The Labute approximate surface area is 148 Å². The van der Waals surface area contributed by atoms with Gasteiger partial charge in [0.25, 0.3) is 11.8 Å². The van der Waals surface area contributed by atoms with Crippen molar-refractivity contribution in [2.75, 3.05) is 18.8 Å². The molecule has 2 aliphatic rings. The molecule has 2 saturated heterocycles. The molecule has 25 heavy (non-hydrogen) atoms. The van der Waals surface area contributed by atoms with Crippen molar-refractivity contribution < 1.29 is 18.4 Å². The Hall–Kier alpha value is -2.09. The summed E-state index contributed by atoms with van der Waals surface area (Å²) in [5.74, 6) is 0.958. The third kappa shape index (κ3) is 2.99. The molecule has 4 heterocycles. The lowest BCUT2D eigenvalue weighted by molar-refractivity contribution is 0.0512. The number of aryl methyl sites for hydroxylation is 1. The Kier molecular flexibility index (Phi) is 4.15. The number of halogens is 1. The molecule has 1 spiro atoms. The highest BCUT2D eigenvalue weighted by molar-refractivity contribution is 8.01. The zero-order chi connectivity index (χ0) is 17.4. The van der Waals surface area contributed by atoms with E-state index in [0.29, 0.717) is 30.8 Å². The minimum Gasteiger partial charge on any atom is -0.471 e. The summed E-state index contributed by atoms with van der Waals surface area (Å²) in [4.78, 5) is 18.3. The summed E-state index contributed by atoms with van der Waals surface area (Å²) >= 11 is 1.78. The number of thioether (sulfide) groups is 1. The SMILES string of the molecule is CCc1oncc1C(=O)N1CC2(C[C@@H](Oc3ncccc3F)CS2)C1. The quantitative estimate of drug-likeness (QED) is 0.832. The van der Waals surface area contributed by atoms with Gasteiger partial charge in [-0.25, -0.2) is 9.37 Å². The average molecular weight is 363 g/mol. The first-order valence-corrected chi connectivity index (χ1v) is 9.23. The number of carbonyl (C=O) groups is 1. The van der Waals surface area contributed by atoms with E-state index >= 15 is 0 Å². The number of likely N-dealkylation sites (tertiary alicyclic amines) is 1. The number of carbonyl (C=O) groups excluding carboxylic acids is 1. The fourth-order valence-electron chi connectivity index (χ4n) is 3.37. The Morgan fingerprint density at radius 1 is 1.56 bits per heavy atom. The number of rotatable bonds is 4. The number of hydrogen-bond donors (Lipinski definition) is 0. The van der Waals surface area contributed by atoms with Crippen LogP contribution in [0.5, 0.6) is 5.88 Å². The number of aromatic nitrogens is 2. The fourth-order valence-corrected chi connectivity index (χ4v) is 4.89. The van der Waals surface area contributed by atoms with Gasteiger partial charge in [-0.3, -0.25) is 4.79 Å². The van der Waals surface area contributed by atoms with E-state index in [9.17, 15) is 9.18 Å². The molecule has 0 saturated carbocycles. The smallest absolute Gasteiger partial charge is 0.259 e. The third-order valence-electron chi connectivity index (χ3n) is 4.62. The number of hydrogen-bond acceptors (Lipinski definition) is 6. The Morgan fingerprint density at radius 2 is 2.40 bits per heavy atom. The molecule has 8 heteroatoms. The molecule has 2 aromatic rings. The molecule has 2 aromatic heterocycles. The molecule has 0 N–H and O–H groups in total. The first kappa shape index (κ1) is 16.4. The summed E-state index contributed by atoms with van der Waals surface area (Å²) in [5.41, 5.74) is 0.545. The summed E-state index contributed by atoms with van der Waals surface area (Å²) < 4.78 is 24.5. The first-order valence-electron chi connectivity index (χ1n) is 8.24. The van der Waals surface area contributed by atoms with Crippen molar-refractivity contribution >= 4 is 17.7 Å². The maximum absolute atomic E-state index is 13.7. The standard InChI is InChI=1S/C17H18FN3O3S/c1-2-14-12(7-20-24-14)16(22)21-9-17(10-21)6-11(8-25-17)23-15-13(18)4-3-5-19-15/h3-5,7,11H,2,6,8-10H2,1H3/t11-/m1/s1. The second kappa shape index (κ2) is 6.33. The van der Waals surface area contributed by atoms with E-state index in [0.717, 1.165) is 12.2 Å². The van der Waals surface area contributed by atoms with Gasteiger partial charge in [-0.2, -0.15) is 0 Å². The van der Waals surface area contributed by atoms with Crippen molar-refractivity contribution in [1.82, 2.24) is 15.0 Å². The van der Waals surface area contributed by atoms with Crippen LogP contribution in [0.1, 0.15) is 29.5 Å². The van der Waals surface area contributed by atoms with E-state index in [2.05, 4.69) is 10.1 Å². The van der Waals surface area contributed by atoms with Crippen LogP contribution >= 0.6 is 11.8 Å². The molecule has 0 aromatic carbocycles. The van der Waals surface area contributed by atoms with Gasteiger partial charge in [-0.05, 0) is 12.1 Å². The molecule has 2 aliphatic heterocycles. The van der Waals surface area contributed by atoms with Crippen molar-refractivity contribution in [2.24, 2.45) is 0 Å². The van der Waals surface area contributed by atoms with Crippen LogP contribution in [-0.4, -0.2) is 50.6 Å². The minimum absolute atomic E-state index is 0.00484. The van der Waals surface area contributed by atoms with E-state index in [1.54, 1.807) is 11.8 Å². The third-order valence-corrected chi connectivity index (χ3v) is 6.20. The summed E-state index contributed by atoms with van der Waals surface area (Å²) in [6.45, 7) is 3.26. The maximum Gasteiger partial charge on any atom is 0.259 e. The molecule has 132 valence electrons. The van der Waals surface area contributed by atoms with Crippen molar-refractivity contribution in [2.45, 2.75) is 30.6 Å². The highest BCUT2D eigenvalue weighted by Crippen LogP contribution is 2.46. The van der Waals surface area contributed by atoms with E-state index in [1.165, 1.54) is 24.5 Å². The molecule has 0 aliphatic carbocycles. The molecule has 1 amide bonds. The van der Waals surface area contributed by atoms with Gasteiger partial charge in [0, 0.05) is 37.9 Å². The van der Waals surface area contributed by atoms with E-state index in [4.69, 9.17) is 9.26 Å². The molecule has 0 radical (unpaired) electrons. The van der Waals surface area contributed by atoms with Crippen LogP contribution in [0.25, 0.3) is 0 Å². The van der Waals surface area contributed by atoms with Crippen LogP contribution in [0.15, 0.2) is 29.0 Å². The van der Waals surface area contributed by atoms with Gasteiger partial charge in [-0.1, -0.05) is 12.1 Å². The van der Waals surface area contributed by atoms with Crippen LogP contribution in [0.4, 0.5) is 4.39 Å². The van der Waals surface area contributed by atoms with Crippen molar-refractivity contribution in [1.29, 1.82) is 0 Å². The van der Waals surface area contributed by atoms with Gasteiger partial charge in [0.05, 0.1) is 10.9 Å². The highest BCUT2D eigenvalue weighted by Gasteiger charge is 2.51. The molecule has 1 atom stereocenters. The lowest BCUT2D eigenvalue weighted by Crippen LogP contribution is -2.60. The largest absolute Gasteiger partial charge is 0.471 e. The predicted octanol–water partition coefficient (Wildman–Crippen LogP) is 2.55. The average Bonchev–Trinajstić information content (AvgIpc) is 3.22. The van der Waals surface area contributed by atoms with Crippen molar-refractivity contribution in [3.63, 3.8) is 0 Å². The zero-order valence-electron chi connectivity index (χ0n) is 13.8. The maximum atomic E-state index is 13.7. The summed E-state index contributed by atoms with van der Waals surface area (Å²) in [5, 5.41) is 3.72.